The van der Waals surface area contributed by atoms with Crippen LogP contribution in [0.15, 0.2) is 46.0 Å². The fourth-order valence-corrected chi connectivity index (χ4v) is 4.12. The number of carbonyl (C=O) groups is 1. The van der Waals surface area contributed by atoms with Gasteiger partial charge in [-0.2, -0.15) is 0 Å². The lowest BCUT2D eigenvalue weighted by Crippen LogP contribution is -2.38. The lowest BCUT2D eigenvalue weighted by atomic mass is 10.3. The minimum absolute atomic E-state index is 0.0862. The number of amides is 1. The first-order chi connectivity index (χ1) is 9.41. The lowest BCUT2D eigenvalue weighted by Gasteiger charge is -2.22. The summed E-state index contributed by atoms with van der Waals surface area (Å²) in [4.78, 5) is 11.1. The first-order valence-corrected chi connectivity index (χ1v) is 7.83. The van der Waals surface area contributed by atoms with Crippen LogP contribution < -0.4 is 10.0 Å². The van der Waals surface area contributed by atoms with Gasteiger partial charge in [0.25, 0.3) is 10.0 Å². The second-order valence-corrected chi connectivity index (χ2v) is 6.92. The van der Waals surface area contributed by atoms with Gasteiger partial charge in [0.1, 0.15) is 16.6 Å². The van der Waals surface area contributed by atoms with Crippen LogP contribution in [0.4, 0.5) is 10.1 Å². The van der Waals surface area contributed by atoms with Crippen LogP contribution in [0.25, 0.3) is 0 Å². The Balaban J connectivity index is 2.48. The maximum absolute atomic E-state index is 12.9. The zero-order valence-electron chi connectivity index (χ0n) is 10.2. The molecule has 1 amide bonds. The van der Waals surface area contributed by atoms with Crippen LogP contribution in [-0.2, 0) is 14.8 Å². The van der Waals surface area contributed by atoms with Crippen LogP contribution in [-0.4, -0.2) is 20.9 Å². The molecule has 8 heteroatoms. The minimum atomic E-state index is -3.89. The van der Waals surface area contributed by atoms with Crippen LogP contribution in [0, 0.1) is 5.82 Å². The molecule has 0 fully saturated rings. The summed E-state index contributed by atoms with van der Waals surface area (Å²) >= 11 is 1.03. The Labute approximate surface area is 119 Å². The van der Waals surface area contributed by atoms with Crippen molar-refractivity contribution < 1.29 is 17.6 Å². The number of primary amides is 1. The van der Waals surface area contributed by atoms with Crippen molar-refractivity contribution in [2.45, 2.75) is 4.21 Å². The molecular weight excluding hydrogens is 303 g/mol. The first kappa shape index (κ1) is 14.5. The SMILES string of the molecule is NC(=O)CN(c1ccc(F)cc1)S(=O)(=O)c1cccs1. The molecule has 0 unspecified atom stereocenters. The second-order valence-electron chi connectivity index (χ2n) is 3.89. The highest BCUT2D eigenvalue weighted by Crippen LogP contribution is 2.26. The molecule has 106 valence electrons. The fraction of sp³-hybridized carbons (Fsp3) is 0.0833. The Kier molecular flexibility index (Phi) is 4.05. The molecule has 20 heavy (non-hydrogen) atoms. The predicted octanol–water partition coefficient (Wildman–Crippen LogP) is 1.57. The highest BCUT2D eigenvalue weighted by atomic mass is 32.2. The normalized spacial score (nSPS) is 11.2. The largest absolute Gasteiger partial charge is 0.368 e. The summed E-state index contributed by atoms with van der Waals surface area (Å²) in [6.45, 7) is -0.508. The van der Waals surface area contributed by atoms with E-state index in [2.05, 4.69) is 0 Å². The summed E-state index contributed by atoms with van der Waals surface area (Å²) in [7, 11) is -3.89. The second kappa shape index (κ2) is 5.59. The fourth-order valence-electron chi connectivity index (χ4n) is 1.58. The average Bonchev–Trinajstić information content (AvgIpc) is 2.91. The first-order valence-electron chi connectivity index (χ1n) is 5.51. The van der Waals surface area contributed by atoms with Crippen molar-refractivity contribution in [2.75, 3.05) is 10.8 Å². The standard InChI is InChI=1S/C12H11FN2O3S2/c13-9-3-5-10(6-4-9)15(8-11(14)16)20(17,18)12-2-1-7-19-12/h1-7H,8H2,(H2,14,16). The molecule has 0 aliphatic carbocycles. The number of sulfonamides is 1. The van der Waals surface area contributed by atoms with E-state index >= 15 is 0 Å². The molecule has 1 heterocycles. The van der Waals surface area contributed by atoms with E-state index in [-0.39, 0.29) is 9.90 Å². The Hall–Kier alpha value is -1.93. The molecule has 1 aromatic heterocycles. The zero-order chi connectivity index (χ0) is 14.8. The van der Waals surface area contributed by atoms with Crippen LogP contribution in [0.2, 0.25) is 0 Å². The highest BCUT2D eigenvalue weighted by molar-refractivity contribution is 7.94. The van der Waals surface area contributed by atoms with Crippen LogP contribution >= 0.6 is 11.3 Å². The molecule has 0 atom stereocenters. The van der Waals surface area contributed by atoms with Crippen LogP contribution in [0.5, 0.6) is 0 Å². The smallest absolute Gasteiger partial charge is 0.274 e. The molecule has 2 N–H and O–H groups in total. The summed E-state index contributed by atoms with van der Waals surface area (Å²) in [5.41, 5.74) is 5.27. The molecule has 0 aliphatic rings. The molecule has 2 rings (SSSR count). The third-order valence-electron chi connectivity index (χ3n) is 2.45. The summed E-state index contributed by atoms with van der Waals surface area (Å²) in [5, 5.41) is 1.61. The number of nitrogens with two attached hydrogens (primary N) is 1. The van der Waals surface area contributed by atoms with Gasteiger partial charge in [0, 0.05) is 0 Å². The molecule has 2 aromatic rings. The van der Waals surface area contributed by atoms with E-state index in [0.29, 0.717) is 0 Å². The van der Waals surface area contributed by atoms with Crippen molar-refractivity contribution >= 4 is 33.0 Å². The average molecular weight is 314 g/mol. The van der Waals surface area contributed by atoms with Gasteiger partial charge in [0.15, 0.2) is 0 Å². The Morgan fingerprint density at radius 3 is 2.40 bits per heavy atom. The highest BCUT2D eigenvalue weighted by Gasteiger charge is 2.27. The van der Waals surface area contributed by atoms with E-state index in [1.807, 2.05) is 0 Å². The molecule has 0 spiro atoms. The van der Waals surface area contributed by atoms with Crippen molar-refractivity contribution in [3.8, 4) is 0 Å². The van der Waals surface area contributed by atoms with Gasteiger partial charge in [0.05, 0.1) is 5.69 Å². The van der Waals surface area contributed by atoms with E-state index in [4.69, 9.17) is 5.73 Å². The monoisotopic (exact) mass is 314 g/mol. The zero-order valence-corrected chi connectivity index (χ0v) is 11.8. The number of halogens is 1. The van der Waals surface area contributed by atoms with E-state index < -0.39 is 28.3 Å². The number of anilines is 1. The number of hydrogen-bond acceptors (Lipinski definition) is 4. The quantitative estimate of drug-likeness (QED) is 0.909. The van der Waals surface area contributed by atoms with Crippen LogP contribution in [0.1, 0.15) is 0 Å². The molecule has 1 aromatic carbocycles. The molecule has 0 radical (unpaired) electrons. The van der Waals surface area contributed by atoms with E-state index in [0.717, 1.165) is 27.8 Å². The Morgan fingerprint density at radius 1 is 1.25 bits per heavy atom. The maximum Gasteiger partial charge on any atom is 0.274 e. The van der Waals surface area contributed by atoms with Gasteiger partial charge >= 0.3 is 0 Å². The lowest BCUT2D eigenvalue weighted by molar-refractivity contribution is -0.116. The predicted molar refractivity (Wildman–Crippen MR) is 74.4 cm³/mol. The number of hydrogen-bond donors (Lipinski definition) is 1. The van der Waals surface area contributed by atoms with E-state index in [1.54, 1.807) is 11.4 Å². The van der Waals surface area contributed by atoms with Crippen molar-refractivity contribution in [1.29, 1.82) is 0 Å². The van der Waals surface area contributed by atoms with Crippen molar-refractivity contribution in [3.05, 3.63) is 47.6 Å². The van der Waals surface area contributed by atoms with Gasteiger partial charge in [-0.25, -0.2) is 12.8 Å². The van der Waals surface area contributed by atoms with Gasteiger partial charge in [-0.1, -0.05) is 6.07 Å². The Bertz CT molecular complexity index is 697. The van der Waals surface area contributed by atoms with Crippen molar-refractivity contribution in [2.24, 2.45) is 5.73 Å². The number of carbonyl (C=O) groups excluding carboxylic acids is 1. The molecule has 0 saturated carbocycles. The summed E-state index contributed by atoms with van der Waals surface area (Å²) in [6.07, 6.45) is 0. The van der Waals surface area contributed by atoms with Crippen molar-refractivity contribution in [1.82, 2.24) is 0 Å². The molecular formula is C12H11FN2O3S2. The molecule has 0 aliphatic heterocycles. The number of benzene rings is 1. The molecule has 0 saturated heterocycles. The van der Waals surface area contributed by atoms with Gasteiger partial charge in [-0.05, 0) is 35.7 Å². The minimum Gasteiger partial charge on any atom is -0.368 e. The number of rotatable bonds is 5. The summed E-state index contributed by atoms with van der Waals surface area (Å²) in [5.74, 6) is -1.30. The van der Waals surface area contributed by atoms with Gasteiger partial charge in [-0.3, -0.25) is 9.10 Å². The van der Waals surface area contributed by atoms with Crippen LogP contribution in [0.3, 0.4) is 0 Å². The van der Waals surface area contributed by atoms with E-state index in [1.165, 1.54) is 18.2 Å². The Morgan fingerprint density at radius 2 is 1.90 bits per heavy atom. The van der Waals surface area contributed by atoms with E-state index in [9.17, 15) is 17.6 Å². The number of thiophene rings is 1. The third-order valence-corrected chi connectivity index (χ3v) is 5.60. The maximum atomic E-state index is 12.9. The van der Waals surface area contributed by atoms with Gasteiger partial charge in [0.2, 0.25) is 5.91 Å². The third kappa shape index (κ3) is 2.97. The summed E-state index contributed by atoms with van der Waals surface area (Å²) in [6, 6.07) is 7.82. The van der Waals surface area contributed by atoms with Crippen molar-refractivity contribution in [3.63, 3.8) is 0 Å². The molecule has 5 nitrogen and oxygen atoms in total. The summed E-state index contributed by atoms with van der Waals surface area (Å²) < 4.78 is 38.8. The number of nitrogens with zero attached hydrogens (tertiary/aromatic N) is 1. The molecule has 0 bridgehead atoms. The topological polar surface area (TPSA) is 80.5 Å². The van der Waals surface area contributed by atoms with Gasteiger partial charge < -0.3 is 5.73 Å². The van der Waals surface area contributed by atoms with Gasteiger partial charge in [-0.15, -0.1) is 11.3 Å².